The minimum Gasteiger partial charge on any atom is -0.440 e. The van der Waals surface area contributed by atoms with Crippen molar-refractivity contribution in [2.24, 2.45) is 0 Å². The van der Waals surface area contributed by atoms with E-state index in [1.807, 2.05) is 54.6 Å². The molecule has 4 nitrogen and oxygen atoms in total. The molecule has 0 aliphatic carbocycles. The molecule has 0 unspecified atom stereocenters. The van der Waals surface area contributed by atoms with E-state index >= 15 is 0 Å². The Labute approximate surface area is 324 Å². The summed E-state index contributed by atoms with van der Waals surface area (Å²) in [7, 11) is 0. The van der Waals surface area contributed by atoms with Gasteiger partial charge < -0.3 is 13.7 Å². The molecule has 2 aliphatic rings. The highest BCUT2D eigenvalue weighted by atomic mass is 16.4. The molecule has 0 saturated carbocycles. The number of furan rings is 1. The zero-order valence-electron chi connectivity index (χ0n) is 34.3. The molecule has 0 amide bonds. The van der Waals surface area contributed by atoms with Crippen LogP contribution < -0.4 is 26.2 Å². The van der Waals surface area contributed by atoms with Crippen LogP contribution in [0.25, 0.3) is 60.2 Å². The molecule has 0 fully saturated rings. The molecular weight excluding hydrogens is 669 g/mol. The zero-order valence-corrected chi connectivity index (χ0v) is 29.3. The lowest BCUT2D eigenvalue weighted by Crippen LogP contribution is -2.61. The first-order chi connectivity index (χ1) is 29.4. The third-order valence-electron chi connectivity index (χ3n) is 11.8. The van der Waals surface area contributed by atoms with Gasteiger partial charge in [-0.1, -0.05) is 121 Å². The molecule has 0 radical (unpaired) electrons. The SMILES string of the molecule is [2H]c1c([2H])c([2H])c(-c2cccc(N3c4cc5c6cccc7c8ccccc8n(c5cc4B4c5c3cccc5N(c3ccccc3)c3oc5ccccc5c34)c76)c2)c([2H])c1[2H]. The number of para-hydroxylation sites is 4. The normalized spacial score (nSPS) is 14.6. The van der Waals surface area contributed by atoms with Gasteiger partial charge in [-0.05, 0) is 82.7 Å². The highest BCUT2D eigenvalue weighted by Crippen LogP contribution is 2.48. The highest BCUT2D eigenvalue weighted by molar-refractivity contribution is 7.01. The van der Waals surface area contributed by atoms with Crippen LogP contribution in [0.15, 0.2) is 186 Å². The van der Waals surface area contributed by atoms with Crippen LogP contribution in [0, 0.1) is 0 Å². The van der Waals surface area contributed by atoms with Crippen LogP contribution in [0.3, 0.4) is 0 Å². The molecule has 0 bridgehead atoms. The zero-order chi connectivity index (χ0) is 40.1. The van der Waals surface area contributed by atoms with E-state index in [2.05, 4.69) is 111 Å². The topological polar surface area (TPSA) is 24.0 Å². The van der Waals surface area contributed by atoms with Gasteiger partial charge in [0.25, 0.3) is 6.71 Å². The van der Waals surface area contributed by atoms with Crippen molar-refractivity contribution in [1.29, 1.82) is 0 Å². The number of benzene rings is 8. The van der Waals surface area contributed by atoms with Crippen molar-refractivity contribution in [3.05, 3.63) is 182 Å². The van der Waals surface area contributed by atoms with Crippen LogP contribution >= 0.6 is 0 Å². The van der Waals surface area contributed by atoms with Crippen molar-refractivity contribution in [1.82, 2.24) is 4.40 Å². The van der Waals surface area contributed by atoms with E-state index in [1.54, 1.807) is 0 Å². The molecule has 3 aromatic heterocycles. The molecule has 0 N–H and O–H groups in total. The molecule has 2 aliphatic heterocycles. The Morgan fingerprint density at radius 3 is 2.04 bits per heavy atom. The quantitative estimate of drug-likeness (QED) is 0.171. The summed E-state index contributed by atoms with van der Waals surface area (Å²) in [6, 6.07) is 51.2. The number of hydrogen-bond acceptors (Lipinski definition) is 3. The second kappa shape index (κ2) is 10.7. The fraction of sp³-hybridized carbons (Fsp3) is 0. The van der Waals surface area contributed by atoms with Crippen LogP contribution in [0.4, 0.5) is 34.3 Å². The maximum absolute atomic E-state index is 8.87. The molecule has 8 aromatic carbocycles. The fourth-order valence-electron chi connectivity index (χ4n) is 9.63. The number of fused-ring (bicyclic) bond motifs is 12. The van der Waals surface area contributed by atoms with Gasteiger partial charge in [-0.2, -0.15) is 0 Å². The second-order valence-electron chi connectivity index (χ2n) is 14.5. The number of hydrogen-bond donors (Lipinski definition) is 0. The standard InChI is InChI=1S/C50H30BN3O/c1-3-14-31(15-4-1)32-16-11-19-34(28-32)52-42-25-13-26-43-48(42)51(47-38-21-8-10-27-46(38)55-50(47)53(43)33-17-5-2-6-18-33)40-30-44-39(29-45(40)52)37-23-12-22-36-35-20-7-9-24-41(35)54(44)49(36)37/h1-30H/i1D,3D,4D,14D,15D. The Balaban J connectivity index is 1.17. The lowest BCUT2D eigenvalue weighted by molar-refractivity contribution is 0.623. The van der Waals surface area contributed by atoms with E-state index in [-0.39, 0.29) is 36.4 Å². The van der Waals surface area contributed by atoms with Crippen molar-refractivity contribution >= 4 is 106 Å². The van der Waals surface area contributed by atoms with E-state index in [0.29, 0.717) is 5.56 Å². The maximum Gasteiger partial charge on any atom is 0.257 e. The van der Waals surface area contributed by atoms with Crippen molar-refractivity contribution in [3.8, 4) is 11.1 Å². The molecule has 0 spiro atoms. The van der Waals surface area contributed by atoms with Crippen LogP contribution in [0.5, 0.6) is 0 Å². The summed E-state index contributed by atoms with van der Waals surface area (Å²) < 4.78 is 52.3. The Bertz CT molecular complexity index is 3630. The molecule has 0 atom stereocenters. The Hall–Kier alpha value is -7.24. The summed E-state index contributed by atoms with van der Waals surface area (Å²) in [5.74, 6) is 0.789. The van der Waals surface area contributed by atoms with E-state index in [1.165, 1.54) is 21.7 Å². The van der Waals surface area contributed by atoms with E-state index in [4.69, 9.17) is 11.3 Å². The number of aromatic nitrogens is 1. The fourth-order valence-corrected chi connectivity index (χ4v) is 9.63. The van der Waals surface area contributed by atoms with Gasteiger partial charge >= 0.3 is 0 Å². The molecular formula is C50H30BN3O. The van der Waals surface area contributed by atoms with Gasteiger partial charge in [0.2, 0.25) is 5.88 Å². The van der Waals surface area contributed by atoms with E-state index in [0.717, 1.165) is 78.1 Å². The first-order valence-electron chi connectivity index (χ1n) is 21.1. The molecule has 5 heterocycles. The van der Waals surface area contributed by atoms with Gasteiger partial charge in [0.1, 0.15) is 5.58 Å². The van der Waals surface area contributed by atoms with Crippen LogP contribution in [-0.4, -0.2) is 11.1 Å². The number of rotatable bonds is 3. The minimum absolute atomic E-state index is 0.171. The maximum atomic E-state index is 8.87. The van der Waals surface area contributed by atoms with Gasteiger partial charge in [0, 0.05) is 60.8 Å². The molecule has 13 rings (SSSR count). The summed E-state index contributed by atoms with van der Waals surface area (Å²) >= 11 is 0. The lowest BCUT2D eigenvalue weighted by Gasteiger charge is -2.42. The van der Waals surface area contributed by atoms with E-state index in [9.17, 15) is 0 Å². The van der Waals surface area contributed by atoms with Gasteiger partial charge in [-0.3, -0.25) is 4.90 Å². The molecule has 11 aromatic rings. The molecule has 254 valence electrons. The smallest absolute Gasteiger partial charge is 0.257 e. The minimum atomic E-state index is -0.409. The van der Waals surface area contributed by atoms with Gasteiger partial charge in [-0.25, -0.2) is 0 Å². The van der Waals surface area contributed by atoms with E-state index < -0.39 is 6.04 Å². The number of nitrogens with zero attached hydrogens (tertiary/aromatic N) is 3. The van der Waals surface area contributed by atoms with Crippen LogP contribution in [0.2, 0.25) is 0 Å². The Morgan fingerprint density at radius 1 is 0.473 bits per heavy atom. The van der Waals surface area contributed by atoms with Crippen molar-refractivity contribution < 1.29 is 11.3 Å². The average molecular weight is 705 g/mol. The predicted octanol–water partition coefficient (Wildman–Crippen LogP) is 11.3. The average Bonchev–Trinajstić information content (AvgIpc) is 3.95. The number of anilines is 6. The molecule has 55 heavy (non-hydrogen) atoms. The first-order valence-corrected chi connectivity index (χ1v) is 18.6. The lowest BCUT2D eigenvalue weighted by atomic mass is 9.33. The Morgan fingerprint density at radius 2 is 1.16 bits per heavy atom. The second-order valence-corrected chi connectivity index (χ2v) is 14.5. The van der Waals surface area contributed by atoms with Crippen molar-refractivity contribution in [3.63, 3.8) is 0 Å². The third-order valence-corrected chi connectivity index (χ3v) is 11.8. The first kappa shape index (κ1) is 24.9. The molecule has 5 heteroatoms. The largest absolute Gasteiger partial charge is 0.440 e. The third kappa shape index (κ3) is 3.81. The Kier molecular flexibility index (Phi) is 4.84. The monoisotopic (exact) mass is 704 g/mol. The summed E-state index contributed by atoms with van der Waals surface area (Å²) in [6.45, 7) is -0.211. The summed E-state index contributed by atoms with van der Waals surface area (Å²) in [5.41, 5.74) is 13.1. The van der Waals surface area contributed by atoms with Crippen LogP contribution in [0.1, 0.15) is 6.85 Å². The van der Waals surface area contributed by atoms with Gasteiger partial charge in [0.15, 0.2) is 0 Å². The summed E-state index contributed by atoms with van der Waals surface area (Å²) in [4.78, 5) is 4.54. The predicted molar refractivity (Wildman–Crippen MR) is 230 cm³/mol. The summed E-state index contributed by atoms with van der Waals surface area (Å²) in [6.07, 6.45) is 0. The summed E-state index contributed by atoms with van der Waals surface area (Å²) in [5, 5.41) is 5.78. The highest BCUT2D eigenvalue weighted by Gasteiger charge is 2.46. The van der Waals surface area contributed by atoms with Gasteiger partial charge in [0.05, 0.1) is 23.4 Å². The van der Waals surface area contributed by atoms with Crippen LogP contribution in [-0.2, 0) is 0 Å². The van der Waals surface area contributed by atoms with Crippen molar-refractivity contribution in [2.75, 3.05) is 9.80 Å². The van der Waals surface area contributed by atoms with Gasteiger partial charge in [-0.15, -0.1) is 0 Å². The van der Waals surface area contributed by atoms with Crippen molar-refractivity contribution in [2.45, 2.75) is 0 Å². The molecule has 0 saturated heterocycles.